The summed E-state index contributed by atoms with van der Waals surface area (Å²) in [5.74, 6) is 0. The second kappa shape index (κ2) is 6.42. The van der Waals surface area contributed by atoms with Crippen molar-refractivity contribution in [3.05, 3.63) is 0 Å². The summed E-state index contributed by atoms with van der Waals surface area (Å²) in [5.41, 5.74) is 0. The largest absolute Gasteiger partial charge is 2.00 e. The Morgan fingerprint density at radius 1 is 0.875 bits per heavy atom. The standard InChI is InChI=1S/C5H6N6S4.Cu/c12-4-10-8-2(14-4)6-1-7-3-9-11-5(13)15-3;/h1H2,(H,6,8)(H,7,9)(H,10,12)(H,11,13);/q;+2/p-2. The van der Waals surface area contributed by atoms with E-state index in [4.69, 9.17) is 25.3 Å². The number of hydrogen-bond donors (Lipinski definition) is 2. The Hall–Kier alpha value is -0.321. The van der Waals surface area contributed by atoms with Crippen molar-refractivity contribution in [3.8, 4) is 0 Å². The molecule has 0 spiro atoms. The third-order valence-electron chi connectivity index (χ3n) is 1.29. The van der Waals surface area contributed by atoms with Crippen LogP contribution in [0.3, 0.4) is 0 Å². The Balaban J connectivity index is 0.00000128. The summed E-state index contributed by atoms with van der Waals surface area (Å²) in [7, 11) is 0. The van der Waals surface area contributed by atoms with Crippen LogP contribution in [0.5, 0.6) is 0 Å². The van der Waals surface area contributed by atoms with Crippen LogP contribution in [-0.4, -0.2) is 27.1 Å². The minimum absolute atomic E-state index is 0. The van der Waals surface area contributed by atoms with Crippen molar-refractivity contribution >= 4 is 58.2 Å². The molecule has 1 radical (unpaired) electrons. The maximum atomic E-state index is 4.83. The Kier molecular flexibility index (Phi) is 5.52. The van der Waals surface area contributed by atoms with Crippen molar-refractivity contribution in [3.63, 3.8) is 0 Å². The van der Waals surface area contributed by atoms with E-state index >= 15 is 0 Å². The maximum absolute atomic E-state index is 4.83. The summed E-state index contributed by atoms with van der Waals surface area (Å²) in [4.78, 5) is 0. The molecule has 2 aromatic heterocycles. The van der Waals surface area contributed by atoms with Crippen molar-refractivity contribution in [1.82, 2.24) is 20.4 Å². The van der Waals surface area contributed by atoms with Crippen molar-refractivity contribution in [2.24, 2.45) is 0 Å². The van der Waals surface area contributed by atoms with E-state index in [0.29, 0.717) is 25.6 Å². The zero-order chi connectivity index (χ0) is 10.7. The SMILES string of the molecule is [Cu+2].[S-]c1nnc(NCNc2nnc([S-])s2)s1. The first-order chi connectivity index (χ1) is 7.24. The fourth-order valence-electron chi connectivity index (χ4n) is 0.758. The van der Waals surface area contributed by atoms with Crippen molar-refractivity contribution in [2.75, 3.05) is 17.3 Å². The van der Waals surface area contributed by atoms with Gasteiger partial charge in [0.1, 0.15) is 10.3 Å². The quantitative estimate of drug-likeness (QED) is 0.478. The van der Waals surface area contributed by atoms with Crippen molar-refractivity contribution in [1.29, 1.82) is 0 Å². The average molecular weight is 340 g/mol. The summed E-state index contributed by atoms with van der Waals surface area (Å²) in [6, 6.07) is 0. The Morgan fingerprint density at radius 2 is 1.31 bits per heavy atom. The third kappa shape index (κ3) is 3.92. The Morgan fingerprint density at radius 3 is 1.62 bits per heavy atom. The van der Waals surface area contributed by atoms with E-state index in [-0.39, 0.29) is 17.1 Å². The average Bonchev–Trinajstić information content (AvgIpc) is 2.76. The van der Waals surface area contributed by atoms with Gasteiger partial charge < -0.3 is 58.6 Å². The molecule has 2 aromatic rings. The van der Waals surface area contributed by atoms with Crippen LogP contribution in [-0.2, 0) is 42.3 Å². The predicted octanol–water partition coefficient (Wildman–Crippen LogP) is 0.680. The van der Waals surface area contributed by atoms with Gasteiger partial charge in [-0.1, -0.05) is 0 Å². The molecule has 89 valence electrons. The monoisotopic (exact) mass is 339 g/mol. The van der Waals surface area contributed by atoms with Gasteiger partial charge in [0.25, 0.3) is 0 Å². The number of anilines is 2. The second-order valence-corrected chi connectivity index (χ2v) is 5.52. The molecule has 0 aliphatic carbocycles. The van der Waals surface area contributed by atoms with Gasteiger partial charge in [-0.3, -0.25) is 0 Å². The molecule has 16 heavy (non-hydrogen) atoms. The first-order valence-corrected chi connectivity index (χ1v) is 6.18. The van der Waals surface area contributed by atoms with Gasteiger partial charge in [-0.15, -0.1) is 10.2 Å². The fraction of sp³-hybridized carbons (Fsp3) is 0.200. The molecule has 0 fully saturated rings. The molecule has 0 bridgehead atoms. The molecule has 11 heteroatoms. The number of nitrogens with zero attached hydrogens (tertiary/aromatic N) is 4. The van der Waals surface area contributed by atoms with Crippen LogP contribution in [0.15, 0.2) is 8.68 Å². The van der Waals surface area contributed by atoms with Gasteiger partial charge in [-0.2, -0.15) is 10.2 Å². The van der Waals surface area contributed by atoms with E-state index in [1.54, 1.807) is 0 Å². The van der Waals surface area contributed by atoms with Gasteiger partial charge in [0.05, 0.1) is 6.67 Å². The molecule has 0 aliphatic heterocycles. The first-order valence-electron chi connectivity index (χ1n) is 3.73. The van der Waals surface area contributed by atoms with E-state index in [1.165, 1.54) is 22.7 Å². The minimum Gasteiger partial charge on any atom is -0.406 e. The predicted molar refractivity (Wildman–Crippen MR) is 63.2 cm³/mol. The molecular weight excluding hydrogens is 336 g/mol. The van der Waals surface area contributed by atoms with Crippen LogP contribution in [0, 0.1) is 0 Å². The molecule has 0 saturated carbocycles. The molecule has 6 nitrogen and oxygen atoms in total. The molecule has 0 atom stereocenters. The van der Waals surface area contributed by atoms with E-state index in [1.807, 2.05) is 0 Å². The number of rotatable bonds is 4. The zero-order valence-electron chi connectivity index (χ0n) is 7.43. The van der Waals surface area contributed by atoms with Gasteiger partial charge >= 0.3 is 17.1 Å². The van der Waals surface area contributed by atoms with Crippen LogP contribution in [0.25, 0.3) is 0 Å². The van der Waals surface area contributed by atoms with E-state index in [2.05, 4.69) is 31.0 Å². The third-order valence-corrected chi connectivity index (χ3v) is 3.31. The topological polar surface area (TPSA) is 75.6 Å². The Bertz CT molecular complexity index is 403. The van der Waals surface area contributed by atoms with Crippen molar-refractivity contribution in [2.45, 2.75) is 8.68 Å². The number of hydrogen-bond acceptors (Lipinski definition) is 10. The smallest absolute Gasteiger partial charge is 0.406 e. The minimum atomic E-state index is 0. The molecule has 2 N–H and O–H groups in total. The van der Waals surface area contributed by atoms with Gasteiger partial charge in [0, 0.05) is 0 Å². The first kappa shape index (κ1) is 13.7. The number of aromatic nitrogens is 4. The van der Waals surface area contributed by atoms with Crippen LogP contribution in [0.1, 0.15) is 0 Å². The molecule has 2 rings (SSSR count). The molecule has 2 heterocycles. The summed E-state index contributed by atoms with van der Waals surface area (Å²) in [6.07, 6.45) is 0. The normalized spacial score (nSPS) is 9.50. The molecular formula is C5H4CuN6S4. The van der Waals surface area contributed by atoms with E-state index in [0.717, 1.165) is 0 Å². The van der Waals surface area contributed by atoms with Crippen LogP contribution >= 0.6 is 22.7 Å². The molecule has 0 aromatic carbocycles. The van der Waals surface area contributed by atoms with E-state index < -0.39 is 0 Å². The summed E-state index contributed by atoms with van der Waals surface area (Å²) >= 11 is 12.3. The van der Waals surface area contributed by atoms with Gasteiger partial charge in [0.2, 0.25) is 0 Å². The van der Waals surface area contributed by atoms with Gasteiger partial charge in [-0.05, 0) is 8.68 Å². The molecule has 0 aliphatic rings. The molecule has 0 saturated heterocycles. The van der Waals surface area contributed by atoms with Crippen LogP contribution in [0.4, 0.5) is 10.3 Å². The zero-order valence-corrected chi connectivity index (χ0v) is 11.6. The van der Waals surface area contributed by atoms with Crippen LogP contribution < -0.4 is 10.6 Å². The number of nitrogens with one attached hydrogen (secondary N) is 2. The summed E-state index contributed by atoms with van der Waals surface area (Å²) in [6.45, 7) is 0.480. The maximum Gasteiger partial charge on any atom is 2.00 e. The Labute approximate surface area is 121 Å². The second-order valence-electron chi connectivity index (χ2n) is 2.28. The molecule has 0 unspecified atom stereocenters. The fourth-order valence-corrected chi connectivity index (χ4v) is 2.26. The molecule has 0 amide bonds. The van der Waals surface area contributed by atoms with Crippen LogP contribution in [0.2, 0.25) is 0 Å². The van der Waals surface area contributed by atoms with Gasteiger partial charge in [0.15, 0.2) is 0 Å². The van der Waals surface area contributed by atoms with E-state index in [9.17, 15) is 0 Å². The van der Waals surface area contributed by atoms with Gasteiger partial charge in [-0.25, -0.2) is 0 Å². The summed E-state index contributed by atoms with van der Waals surface area (Å²) < 4.78 is 1.03. The summed E-state index contributed by atoms with van der Waals surface area (Å²) in [5, 5.41) is 22.4. The van der Waals surface area contributed by atoms with Crippen molar-refractivity contribution < 1.29 is 17.1 Å².